The maximum Gasteiger partial charge on any atom is 0.119 e. The van der Waals surface area contributed by atoms with Gasteiger partial charge in [-0.2, -0.15) is 0 Å². The van der Waals surface area contributed by atoms with Crippen molar-refractivity contribution in [2.45, 2.75) is 32.8 Å². The highest BCUT2D eigenvalue weighted by atomic mass is 16.5. The summed E-state index contributed by atoms with van der Waals surface area (Å²) in [5.74, 6) is 1.21. The largest absolute Gasteiger partial charge is 0.494 e. The van der Waals surface area contributed by atoms with E-state index in [0.29, 0.717) is 5.92 Å². The molecule has 15 heavy (non-hydrogen) atoms. The number of aliphatic hydroxyl groups is 1. The summed E-state index contributed by atoms with van der Waals surface area (Å²) >= 11 is 0. The first-order valence-corrected chi connectivity index (χ1v) is 5.66. The number of hydrogen-bond donors (Lipinski definition) is 1. The van der Waals surface area contributed by atoms with Crippen LogP contribution in [0.2, 0.25) is 0 Å². The SMILES string of the molecule is CCCOc1ccc2c(c1)C(O)C(C)C2. The Kier molecular flexibility index (Phi) is 2.96. The van der Waals surface area contributed by atoms with Gasteiger partial charge in [0.25, 0.3) is 0 Å². The third-order valence-electron chi connectivity index (χ3n) is 2.99. The molecule has 0 radical (unpaired) electrons. The molecule has 1 N–H and O–H groups in total. The molecular weight excluding hydrogens is 188 g/mol. The van der Waals surface area contributed by atoms with Gasteiger partial charge >= 0.3 is 0 Å². The number of hydrogen-bond acceptors (Lipinski definition) is 2. The van der Waals surface area contributed by atoms with E-state index >= 15 is 0 Å². The van der Waals surface area contributed by atoms with E-state index in [0.717, 1.165) is 30.8 Å². The summed E-state index contributed by atoms with van der Waals surface area (Å²) in [7, 11) is 0. The van der Waals surface area contributed by atoms with Crippen molar-refractivity contribution in [2.24, 2.45) is 5.92 Å². The third kappa shape index (κ3) is 2.00. The molecule has 0 saturated heterocycles. The van der Waals surface area contributed by atoms with Crippen LogP contribution in [0.3, 0.4) is 0 Å². The lowest BCUT2D eigenvalue weighted by Crippen LogP contribution is -2.01. The fourth-order valence-corrected chi connectivity index (χ4v) is 2.11. The van der Waals surface area contributed by atoms with E-state index in [9.17, 15) is 5.11 Å². The third-order valence-corrected chi connectivity index (χ3v) is 2.99. The Morgan fingerprint density at radius 2 is 2.27 bits per heavy atom. The molecule has 1 aliphatic carbocycles. The minimum absolute atomic E-state index is 0.315. The van der Waals surface area contributed by atoms with Crippen LogP contribution in [0.25, 0.3) is 0 Å². The lowest BCUT2D eigenvalue weighted by molar-refractivity contribution is 0.132. The van der Waals surface area contributed by atoms with E-state index in [1.807, 2.05) is 12.1 Å². The maximum absolute atomic E-state index is 9.94. The molecule has 0 spiro atoms. The molecule has 2 nitrogen and oxygen atoms in total. The van der Waals surface area contributed by atoms with Gasteiger partial charge in [0.2, 0.25) is 0 Å². The molecule has 0 heterocycles. The van der Waals surface area contributed by atoms with Crippen LogP contribution in [0.4, 0.5) is 0 Å². The smallest absolute Gasteiger partial charge is 0.119 e. The zero-order valence-electron chi connectivity index (χ0n) is 9.36. The van der Waals surface area contributed by atoms with Gasteiger partial charge in [-0.1, -0.05) is 19.9 Å². The molecule has 0 fully saturated rings. The molecule has 0 amide bonds. The van der Waals surface area contributed by atoms with Gasteiger partial charge < -0.3 is 9.84 Å². The fraction of sp³-hybridized carbons (Fsp3) is 0.538. The summed E-state index contributed by atoms with van der Waals surface area (Å²) < 4.78 is 5.55. The van der Waals surface area contributed by atoms with Gasteiger partial charge in [0, 0.05) is 0 Å². The van der Waals surface area contributed by atoms with Crippen LogP contribution < -0.4 is 4.74 Å². The second kappa shape index (κ2) is 4.23. The van der Waals surface area contributed by atoms with Crippen LogP contribution in [0.15, 0.2) is 18.2 Å². The van der Waals surface area contributed by atoms with Crippen molar-refractivity contribution >= 4 is 0 Å². The standard InChI is InChI=1S/C13H18O2/c1-3-6-15-11-5-4-10-7-9(2)13(14)12(10)8-11/h4-5,8-9,13-14H,3,6-7H2,1-2H3. The number of ether oxygens (including phenoxy) is 1. The van der Waals surface area contributed by atoms with E-state index in [4.69, 9.17) is 4.74 Å². The highest BCUT2D eigenvalue weighted by Gasteiger charge is 2.27. The van der Waals surface area contributed by atoms with Gasteiger partial charge in [0.15, 0.2) is 0 Å². The molecule has 0 aromatic heterocycles. The Labute approximate surface area is 90.9 Å². The Hall–Kier alpha value is -1.02. The second-order valence-electron chi connectivity index (χ2n) is 4.34. The zero-order chi connectivity index (χ0) is 10.8. The first-order chi connectivity index (χ1) is 7.22. The van der Waals surface area contributed by atoms with Gasteiger partial charge in [0.05, 0.1) is 12.7 Å². The van der Waals surface area contributed by atoms with E-state index < -0.39 is 0 Å². The average molecular weight is 206 g/mol. The Morgan fingerprint density at radius 1 is 1.47 bits per heavy atom. The van der Waals surface area contributed by atoms with E-state index in [1.54, 1.807) is 0 Å². The monoisotopic (exact) mass is 206 g/mol. The number of fused-ring (bicyclic) bond motifs is 1. The quantitative estimate of drug-likeness (QED) is 0.824. The number of rotatable bonds is 3. The molecule has 0 bridgehead atoms. The summed E-state index contributed by atoms with van der Waals surface area (Å²) in [4.78, 5) is 0. The van der Waals surface area contributed by atoms with Crippen molar-refractivity contribution < 1.29 is 9.84 Å². The molecule has 2 atom stereocenters. The lowest BCUT2D eigenvalue weighted by atomic mass is 10.1. The van der Waals surface area contributed by atoms with Crippen LogP contribution in [0.5, 0.6) is 5.75 Å². The van der Waals surface area contributed by atoms with Crippen LogP contribution in [0.1, 0.15) is 37.5 Å². The van der Waals surface area contributed by atoms with Gasteiger partial charge in [-0.05, 0) is 42.0 Å². The zero-order valence-corrected chi connectivity index (χ0v) is 9.36. The first-order valence-electron chi connectivity index (χ1n) is 5.66. The molecule has 2 rings (SSSR count). The highest BCUT2D eigenvalue weighted by molar-refractivity contribution is 5.40. The Bertz CT molecular complexity index is 346. The predicted molar refractivity (Wildman–Crippen MR) is 60.1 cm³/mol. The molecule has 1 aromatic carbocycles. The van der Waals surface area contributed by atoms with E-state index in [-0.39, 0.29) is 6.10 Å². The summed E-state index contributed by atoms with van der Waals surface area (Å²) in [5, 5.41) is 9.94. The van der Waals surface area contributed by atoms with E-state index in [1.165, 1.54) is 5.56 Å². The Morgan fingerprint density at radius 3 is 3.00 bits per heavy atom. The van der Waals surface area contributed by atoms with Gasteiger partial charge in [-0.15, -0.1) is 0 Å². The topological polar surface area (TPSA) is 29.5 Å². The minimum Gasteiger partial charge on any atom is -0.494 e. The van der Waals surface area contributed by atoms with Crippen molar-refractivity contribution in [2.75, 3.05) is 6.61 Å². The van der Waals surface area contributed by atoms with Crippen LogP contribution in [-0.4, -0.2) is 11.7 Å². The second-order valence-corrected chi connectivity index (χ2v) is 4.34. The molecule has 0 aliphatic heterocycles. The average Bonchev–Trinajstić information content (AvgIpc) is 2.52. The lowest BCUT2D eigenvalue weighted by Gasteiger charge is -2.10. The predicted octanol–water partition coefficient (Wildman–Crippen LogP) is 2.70. The fourth-order valence-electron chi connectivity index (χ4n) is 2.11. The summed E-state index contributed by atoms with van der Waals surface area (Å²) in [6.07, 6.45) is 1.67. The highest BCUT2D eigenvalue weighted by Crippen LogP contribution is 2.37. The summed E-state index contributed by atoms with van der Waals surface area (Å²) in [6, 6.07) is 6.06. The van der Waals surface area contributed by atoms with Crippen LogP contribution in [-0.2, 0) is 6.42 Å². The number of aliphatic hydroxyl groups excluding tert-OH is 1. The molecule has 2 heteroatoms. The number of benzene rings is 1. The van der Waals surface area contributed by atoms with Crippen LogP contribution >= 0.6 is 0 Å². The van der Waals surface area contributed by atoms with Crippen molar-refractivity contribution in [1.29, 1.82) is 0 Å². The molecule has 82 valence electrons. The van der Waals surface area contributed by atoms with Crippen LogP contribution in [0, 0.1) is 5.92 Å². The van der Waals surface area contributed by atoms with Gasteiger partial charge in [-0.25, -0.2) is 0 Å². The van der Waals surface area contributed by atoms with Gasteiger partial charge in [0.1, 0.15) is 5.75 Å². The normalized spacial score (nSPS) is 23.9. The Balaban J connectivity index is 2.20. The summed E-state index contributed by atoms with van der Waals surface area (Å²) in [5.41, 5.74) is 2.31. The maximum atomic E-state index is 9.94. The molecule has 1 aromatic rings. The molecular formula is C13H18O2. The van der Waals surface area contributed by atoms with Crippen molar-refractivity contribution in [3.05, 3.63) is 29.3 Å². The van der Waals surface area contributed by atoms with Gasteiger partial charge in [-0.3, -0.25) is 0 Å². The molecule has 2 unspecified atom stereocenters. The molecule has 1 aliphatic rings. The first kappa shape index (κ1) is 10.5. The van der Waals surface area contributed by atoms with Crippen molar-refractivity contribution in [3.8, 4) is 5.75 Å². The van der Waals surface area contributed by atoms with E-state index in [2.05, 4.69) is 19.9 Å². The van der Waals surface area contributed by atoms with Crippen molar-refractivity contribution in [3.63, 3.8) is 0 Å². The minimum atomic E-state index is -0.315. The van der Waals surface area contributed by atoms with Crippen molar-refractivity contribution in [1.82, 2.24) is 0 Å². The molecule has 0 saturated carbocycles. The summed E-state index contributed by atoms with van der Waals surface area (Å²) in [6.45, 7) is 4.91.